The van der Waals surface area contributed by atoms with E-state index >= 15 is 0 Å². The Hall–Kier alpha value is -2.82. The summed E-state index contributed by atoms with van der Waals surface area (Å²) in [6.45, 7) is 3.77. The van der Waals surface area contributed by atoms with Gasteiger partial charge in [-0.1, -0.05) is 24.3 Å². The second-order valence-electron chi connectivity index (χ2n) is 9.04. The van der Waals surface area contributed by atoms with Crippen LogP contribution in [0.3, 0.4) is 0 Å². The maximum Gasteiger partial charge on any atom is 0.255 e. The lowest BCUT2D eigenvalue weighted by Gasteiger charge is -2.38. The minimum atomic E-state index is 0.0341. The zero-order valence-electron chi connectivity index (χ0n) is 16.9. The Morgan fingerprint density at radius 3 is 2.55 bits per heavy atom. The molecule has 6 rings (SSSR count). The quantitative estimate of drug-likeness (QED) is 0.693. The molecule has 4 heterocycles. The molecule has 29 heavy (non-hydrogen) atoms. The van der Waals surface area contributed by atoms with Gasteiger partial charge in [0.2, 0.25) is 0 Å². The molecule has 1 amide bonds. The molecule has 1 spiro atoms. The fraction of sp³-hybridized carbons (Fsp3) is 0.417. The first-order valence-corrected chi connectivity index (χ1v) is 10.8. The Morgan fingerprint density at radius 1 is 1.10 bits per heavy atom. The minimum Gasteiger partial charge on any atom is -0.376 e. The molecule has 0 saturated carbocycles. The Balaban J connectivity index is 1.46. The molecule has 3 aromatic rings. The summed E-state index contributed by atoms with van der Waals surface area (Å²) in [6, 6.07) is 8.78. The van der Waals surface area contributed by atoms with Crippen LogP contribution in [0.2, 0.25) is 0 Å². The number of nitrogens with zero attached hydrogens (tertiary/aromatic N) is 3. The van der Waals surface area contributed by atoms with E-state index in [2.05, 4.69) is 29.6 Å². The van der Waals surface area contributed by atoms with Crippen molar-refractivity contribution in [2.24, 2.45) is 0 Å². The van der Waals surface area contributed by atoms with Gasteiger partial charge < -0.3 is 14.6 Å². The van der Waals surface area contributed by atoms with Crippen molar-refractivity contribution in [3.63, 3.8) is 0 Å². The van der Waals surface area contributed by atoms with Crippen LogP contribution in [0.25, 0.3) is 5.65 Å². The molecule has 0 radical (unpaired) electrons. The number of likely N-dealkylation sites (tertiary alicyclic amines) is 1. The van der Waals surface area contributed by atoms with Gasteiger partial charge in [0, 0.05) is 31.0 Å². The van der Waals surface area contributed by atoms with Crippen LogP contribution in [-0.4, -0.2) is 38.8 Å². The van der Waals surface area contributed by atoms with Gasteiger partial charge in [0.05, 0.1) is 16.9 Å². The molecule has 2 aliphatic heterocycles. The molecule has 1 aliphatic carbocycles. The third kappa shape index (κ3) is 2.60. The van der Waals surface area contributed by atoms with E-state index in [0.29, 0.717) is 0 Å². The van der Waals surface area contributed by atoms with Crippen LogP contribution in [0.5, 0.6) is 0 Å². The van der Waals surface area contributed by atoms with Gasteiger partial charge in [-0.15, -0.1) is 0 Å². The number of hydrogen-bond acceptors (Lipinski definition) is 3. The Kier molecular flexibility index (Phi) is 3.58. The van der Waals surface area contributed by atoms with Crippen LogP contribution in [0, 0.1) is 6.92 Å². The number of amides is 1. The minimum absolute atomic E-state index is 0.0341. The highest BCUT2D eigenvalue weighted by atomic mass is 16.2. The number of carbonyl (C=O) groups is 1. The molecule has 1 aromatic carbocycles. The number of anilines is 1. The lowest BCUT2D eigenvalue weighted by atomic mass is 9.82. The van der Waals surface area contributed by atoms with Gasteiger partial charge in [-0.25, -0.2) is 4.98 Å². The summed E-state index contributed by atoms with van der Waals surface area (Å²) in [7, 11) is 0. The molecule has 0 atom stereocenters. The number of nitrogens with one attached hydrogen (secondary N) is 1. The Labute approximate surface area is 170 Å². The van der Waals surface area contributed by atoms with Gasteiger partial charge in [0.1, 0.15) is 0 Å². The van der Waals surface area contributed by atoms with Crippen molar-refractivity contribution in [1.29, 1.82) is 0 Å². The second kappa shape index (κ2) is 6.09. The predicted molar refractivity (Wildman–Crippen MR) is 114 cm³/mol. The number of hydrogen-bond donors (Lipinski definition) is 1. The first kappa shape index (κ1) is 17.1. The van der Waals surface area contributed by atoms with Gasteiger partial charge in [-0.3, -0.25) is 4.79 Å². The topological polar surface area (TPSA) is 49.6 Å². The number of fused-ring (bicyclic) bond motifs is 4. The van der Waals surface area contributed by atoms with Crippen molar-refractivity contribution in [2.45, 2.75) is 51.0 Å². The summed E-state index contributed by atoms with van der Waals surface area (Å²) < 4.78 is 2.05. The molecule has 148 valence electrons. The number of rotatable bonds is 1. The van der Waals surface area contributed by atoms with Crippen molar-refractivity contribution in [2.75, 3.05) is 18.4 Å². The van der Waals surface area contributed by atoms with Gasteiger partial charge in [0.25, 0.3) is 5.91 Å². The maximum absolute atomic E-state index is 13.3. The highest BCUT2D eigenvalue weighted by Crippen LogP contribution is 2.43. The SMILES string of the molecule is Cc1cn2cc(C(=O)N3CCCC3)c3c(c2n1)NC1(CC3)Cc2ccccc2C1. The van der Waals surface area contributed by atoms with Crippen LogP contribution in [0.15, 0.2) is 36.7 Å². The first-order chi connectivity index (χ1) is 14.1. The molecule has 3 aliphatic rings. The molecule has 5 nitrogen and oxygen atoms in total. The molecule has 0 unspecified atom stereocenters. The summed E-state index contributed by atoms with van der Waals surface area (Å²) in [6.07, 6.45) is 10.3. The van der Waals surface area contributed by atoms with Crippen molar-refractivity contribution < 1.29 is 4.79 Å². The van der Waals surface area contributed by atoms with E-state index in [9.17, 15) is 4.79 Å². The molecule has 1 saturated heterocycles. The summed E-state index contributed by atoms with van der Waals surface area (Å²) in [4.78, 5) is 20.1. The average Bonchev–Trinajstić information content (AvgIpc) is 3.44. The van der Waals surface area contributed by atoms with Crippen LogP contribution >= 0.6 is 0 Å². The Morgan fingerprint density at radius 2 is 1.83 bits per heavy atom. The van der Waals surface area contributed by atoms with Crippen molar-refractivity contribution in [3.8, 4) is 0 Å². The third-order valence-corrected chi connectivity index (χ3v) is 7.01. The summed E-state index contributed by atoms with van der Waals surface area (Å²) in [5.74, 6) is 0.180. The fourth-order valence-electron chi connectivity index (χ4n) is 5.60. The fourth-order valence-corrected chi connectivity index (χ4v) is 5.60. The van der Waals surface area contributed by atoms with Crippen molar-refractivity contribution in [1.82, 2.24) is 14.3 Å². The zero-order valence-corrected chi connectivity index (χ0v) is 16.9. The van der Waals surface area contributed by atoms with Crippen molar-refractivity contribution in [3.05, 3.63) is 64.6 Å². The van der Waals surface area contributed by atoms with Crippen LogP contribution in [-0.2, 0) is 19.3 Å². The van der Waals surface area contributed by atoms with Gasteiger partial charge in [-0.05, 0) is 62.1 Å². The van der Waals surface area contributed by atoms with Crippen molar-refractivity contribution >= 4 is 17.2 Å². The number of benzene rings is 1. The molecule has 0 bridgehead atoms. The highest BCUT2D eigenvalue weighted by Gasteiger charge is 2.41. The van der Waals surface area contributed by atoms with E-state index in [1.165, 1.54) is 11.1 Å². The van der Waals surface area contributed by atoms with Gasteiger partial charge in [-0.2, -0.15) is 0 Å². The van der Waals surface area contributed by atoms with E-state index in [-0.39, 0.29) is 11.4 Å². The van der Waals surface area contributed by atoms with E-state index in [1.807, 2.05) is 28.6 Å². The van der Waals surface area contributed by atoms with Gasteiger partial charge in [0.15, 0.2) is 5.65 Å². The summed E-state index contributed by atoms with van der Waals surface area (Å²) in [5, 5.41) is 3.91. The third-order valence-electron chi connectivity index (χ3n) is 7.01. The Bertz CT molecular complexity index is 1110. The average molecular weight is 386 g/mol. The molecule has 1 N–H and O–H groups in total. The molecular formula is C24H26N4O. The molecular weight excluding hydrogens is 360 g/mol. The first-order valence-electron chi connectivity index (χ1n) is 10.8. The number of aromatic nitrogens is 2. The number of imidazole rings is 1. The normalized spacial score (nSPS) is 19.4. The molecule has 5 heteroatoms. The number of aryl methyl sites for hydroxylation is 1. The zero-order chi connectivity index (χ0) is 19.6. The number of carbonyl (C=O) groups excluding carboxylic acids is 1. The van der Waals surface area contributed by atoms with Crippen LogP contribution < -0.4 is 5.32 Å². The van der Waals surface area contributed by atoms with E-state index in [1.54, 1.807) is 0 Å². The van der Waals surface area contributed by atoms with E-state index in [0.717, 1.165) is 79.8 Å². The van der Waals surface area contributed by atoms with Crippen LogP contribution in [0.1, 0.15) is 52.0 Å². The van der Waals surface area contributed by atoms with Crippen LogP contribution in [0.4, 0.5) is 5.69 Å². The lowest BCUT2D eigenvalue weighted by Crippen LogP contribution is -2.43. The van der Waals surface area contributed by atoms with Gasteiger partial charge >= 0.3 is 0 Å². The van der Waals surface area contributed by atoms with E-state index in [4.69, 9.17) is 4.98 Å². The maximum atomic E-state index is 13.3. The molecule has 2 aromatic heterocycles. The smallest absolute Gasteiger partial charge is 0.255 e. The second-order valence-corrected chi connectivity index (χ2v) is 9.04. The monoisotopic (exact) mass is 386 g/mol. The predicted octanol–water partition coefficient (Wildman–Crippen LogP) is 3.77. The lowest BCUT2D eigenvalue weighted by molar-refractivity contribution is 0.0791. The standard InChI is InChI=1S/C24H26N4O/c1-16-14-28-15-20(23(29)27-10-4-5-11-27)19-8-9-24(26-21(19)22(28)25-16)12-17-6-2-3-7-18(17)13-24/h2-3,6-7,14-15,26H,4-5,8-13H2,1H3. The van der Waals surface area contributed by atoms with E-state index < -0.39 is 0 Å². The number of pyridine rings is 1. The summed E-state index contributed by atoms with van der Waals surface area (Å²) in [5.41, 5.74) is 7.94. The highest BCUT2D eigenvalue weighted by molar-refractivity contribution is 5.99. The molecule has 1 fully saturated rings. The largest absolute Gasteiger partial charge is 0.376 e. The summed E-state index contributed by atoms with van der Waals surface area (Å²) >= 11 is 0.